The number of nitrogens with zero attached hydrogens (tertiary/aromatic N) is 3. The van der Waals surface area contributed by atoms with E-state index in [2.05, 4.69) is 9.97 Å². The Morgan fingerprint density at radius 1 is 0.969 bits per heavy atom. The molecule has 1 aromatic heterocycles. The van der Waals surface area contributed by atoms with Gasteiger partial charge in [0.1, 0.15) is 5.69 Å². The fraction of sp³-hybridized carbons (Fsp3) is 0.190. The van der Waals surface area contributed by atoms with Crippen molar-refractivity contribution < 1.29 is 31.1 Å². The normalized spacial score (nSPS) is 12.0. The van der Waals surface area contributed by atoms with Crippen molar-refractivity contribution in [3.63, 3.8) is 0 Å². The Hall–Kier alpha value is -3.63. The number of halogens is 6. The van der Waals surface area contributed by atoms with E-state index < -0.39 is 35.9 Å². The summed E-state index contributed by atoms with van der Waals surface area (Å²) in [5, 5.41) is 0. The molecule has 3 aromatic rings. The maximum absolute atomic E-state index is 13.1. The van der Waals surface area contributed by atoms with E-state index in [9.17, 15) is 31.1 Å². The Kier molecular flexibility index (Phi) is 6.11. The van der Waals surface area contributed by atoms with E-state index in [4.69, 9.17) is 5.73 Å². The number of carbonyl (C=O) groups excluding carboxylic acids is 1. The lowest BCUT2D eigenvalue weighted by molar-refractivity contribution is -0.143. The molecule has 0 atom stereocenters. The minimum Gasteiger partial charge on any atom is -0.368 e. The minimum atomic E-state index is -4.99. The van der Waals surface area contributed by atoms with Crippen LogP contribution in [0.25, 0.3) is 11.1 Å². The van der Waals surface area contributed by atoms with Gasteiger partial charge in [0.05, 0.1) is 11.1 Å². The van der Waals surface area contributed by atoms with Gasteiger partial charge in [-0.2, -0.15) is 26.3 Å². The SMILES string of the molecule is CN(Cc1cc(C(F)(F)F)cc(C(F)(F)F)c1)C(=O)c1nc(N)ncc1-c1ccccc1. The van der Waals surface area contributed by atoms with Crippen LogP contribution in [0.15, 0.2) is 54.7 Å². The molecular weight excluding hydrogens is 438 g/mol. The van der Waals surface area contributed by atoms with E-state index in [-0.39, 0.29) is 23.3 Å². The third-order valence-corrected chi connectivity index (χ3v) is 4.51. The maximum atomic E-state index is 13.1. The second kappa shape index (κ2) is 8.48. The van der Waals surface area contributed by atoms with E-state index in [1.54, 1.807) is 30.3 Å². The zero-order valence-electron chi connectivity index (χ0n) is 16.5. The first-order valence-corrected chi connectivity index (χ1v) is 9.08. The van der Waals surface area contributed by atoms with Crippen LogP contribution in [0.2, 0.25) is 0 Å². The molecule has 0 aliphatic rings. The zero-order valence-corrected chi connectivity index (χ0v) is 16.5. The second-order valence-corrected chi connectivity index (χ2v) is 6.93. The van der Waals surface area contributed by atoms with Crippen molar-refractivity contribution in [1.82, 2.24) is 14.9 Å². The van der Waals surface area contributed by atoms with Crippen molar-refractivity contribution >= 4 is 11.9 Å². The summed E-state index contributed by atoms with van der Waals surface area (Å²) in [6, 6.07) is 9.74. The monoisotopic (exact) mass is 454 g/mol. The standard InChI is InChI=1S/C21H16F6N4O/c1-31(11-12-7-14(20(22,23)24)9-15(8-12)21(25,26)27)18(32)17-16(10-29-19(28)30-17)13-5-3-2-4-6-13/h2-10H,11H2,1H3,(H2,28,29,30). The molecule has 0 aliphatic carbocycles. The molecule has 5 nitrogen and oxygen atoms in total. The molecule has 0 saturated heterocycles. The van der Waals surface area contributed by atoms with Gasteiger partial charge in [0.25, 0.3) is 5.91 Å². The molecule has 2 N–H and O–H groups in total. The van der Waals surface area contributed by atoms with Gasteiger partial charge in [0.15, 0.2) is 0 Å². The lowest BCUT2D eigenvalue weighted by Gasteiger charge is -2.20. The summed E-state index contributed by atoms with van der Waals surface area (Å²) in [7, 11) is 1.24. The van der Waals surface area contributed by atoms with E-state index in [1.807, 2.05) is 0 Å². The number of nitrogens with two attached hydrogens (primary N) is 1. The molecule has 0 unspecified atom stereocenters. The van der Waals surface area contributed by atoms with Crippen LogP contribution in [0.3, 0.4) is 0 Å². The van der Waals surface area contributed by atoms with Crippen molar-refractivity contribution in [2.75, 3.05) is 12.8 Å². The first-order valence-electron chi connectivity index (χ1n) is 9.08. The van der Waals surface area contributed by atoms with Gasteiger partial charge >= 0.3 is 12.4 Å². The summed E-state index contributed by atoms with van der Waals surface area (Å²) >= 11 is 0. The predicted molar refractivity (Wildman–Crippen MR) is 104 cm³/mol. The number of anilines is 1. The van der Waals surface area contributed by atoms with Crippen LogP contribution in [0.1, 0.15) is 27.2 Å². The van der Waals surface area contributed by atoms with Crippen LogP contribution in [-0.4, -0.2) is 27.8 Å². The Labute approximate surface area is 178 Å². The van der Waals surface area contributed by atoms with Crippen LogP contribution >= 0.6 is 0 Å². The van der Waals surface area contributed by atoms with Crippen molar-refractivity contribution in [3.05, 3.63) is 77.1 Å². The van der Waals surface area contributed by atoms with E-state index >= 15 is 0 Å². The lowest BCUT2D eigenvalue weighted by atomic mass is 10.0. The predicted octanol–water partition coefficient (Wildman–Crippen LogP) is 5.04. The number of aromatic nitrogens is 2. The number of nitrogen functional groups attached to an aromatic ring is 1. The molecule has 168 valence electrons. The topological polar surface area (TPSA) is 72.1 Å². The molecule has 0 bridgehead atoms. The molecule has 2 aromatic carbocycles. The molecule has 3 rings (SSSR count). The summed E-state index contributed by atoms with van der Waals surface area (Å²) in [5.41, 5.74) is 3.10. The van der Waals surface area contributed by atoms with Gasteiger partial charge in [0.2, 0.25) is 5.95 Å². The van der Waals surface area contributed by atoms with Crippen LogP contribution in [0, 0.1) is 0 Å². The van der Waals surface area contributed by atoms with Crippen LogP contribution in [0.4, 0.5) is 32.3 Å². The van der Waals surface area contributed by atoms with E-state index in [0.717, 1.165) is 4.90 Å². The molecule has 32 heavy (non-hydrogen) atoms. The molecule has 11 heteroatoms. The highest BCUT2D eigenvalue weighted by molar-refractivity contribution is 5.98. The number of rotatable bonds is 4. The number of amides is 1. The van der Waals surface area contributed by atoms with Gasteiger partial charge in [-0.05, 0) is 29.3 Å². The fourth-order valence-electron chi connectivity index (χ4n) is 3.02. The number of alkyl halides is 6. The van der Waals surface area contributed by atoms with Crippen molar-refractivity contribution in [1.29, 1.82) is 0 Å². The fourth-order valence-corrected chi connectivity index (χ4v) is 3.02. The molecule has 1 amide bonds. The highest BCUT2D eigenvalue weighted by Gasteiger charge is 2.37. The summed E-state index contributed by atoms with van der Waals surface area (Å²) in [6.07, 6.45) is -8.65. The highest BCUT2D eigenvalue weighted by Crippen LogP contribution is 2.36. The Morgan fingerprint density at radius 3 is 2.06 bits per heavy atom. The van der Waals surface area contributed by atoms with Gasteiger partial charge in [-0.15, -0.1) is 0 Å². The number of carbonyl (C=O) groups is 1. The number of hydrogen-bond donors (Lipinski definition) is 1. The Morgan fingerprint density at radius 2 is 1.53 bits per heavy atom. The van der Waals surface area contributed by atoms with Crippen molar-refractivity contribution in [2.24, 2.45) is 0 Å². The number of benzene rings is 2. The molecule has 0 radical (unpaired) electrons. The molecule has 0 spiro atoms. The largest absolute Gasteiger partial charge is 0.416 e. The summed E-state index contributed by atoms with van der Waals surface area (Å²) < 4.78 is 78.6. The third-order valence-electron chi connectivity index (χ3n) is 4.51. The third kappa shape index (κ3) is 5.16. The highest BCUT2D eigenvalue weighted by atomic mass is 19.4. The van der Waals surface area contributed by atoms with Crippen LogP contribution < -0.4 is 5.73 Å². The molecule has 0 fully saturated rings. The summed E-state index contributed by atoms with van der Waals surface area (Å²) in [4.78, 5) is 21.8. The van der Waals surface area contributed by atoms with Gasteiger partial charge in [-0.25, -0.2) is 9.97 Å². The molecule has 0 aliphatic heterocycles. The van der Waals surface area contributed by atoms with Gasteiger partial charge < -0.3 is 10.6 Å². The first kappa shape index (κ1) is 23.0. The van der Waals surface area contributed by atoms with Crippen LogP contribution in [-0.2, 0) is 18.9 Å². The number of hydrogen-bond acceptors (Lipinski definition) is 4. The summed E-state index contributed by atoms with van der Waals surface area (Å²) in [5.74, 6) is -0.955. The van der Waals surface area contributed by atoms with Gasteiger partial charge in [0, 0.05) is 25.4 Å². The Balaban J connectivity index is 1.97. The quantitative estimate of drug-likeness (QED) is 0.561. The Bertz CT molecular complexity index is 1100. The van der Waals surface area contributed by atoms with Gasteiger partial charge in [-0.1, -0.05) is 30.3 Å². The molecular formula is C21H16F6N4O. The smallest absolute Gasteiger partial charge is 0.368 e. The van der Waals surface area contributed by atoms with Crippen molar-refractivity contribution in [2.45, 2.75) is 18.9 Å². The van der Waals surface area contributed by atoms with Crippen molar-refractivity contribution in [3.8, 4) is 11.1 Å². The molecule has 1 heterocycles. The van der Waals surface area contributed by atoms with Crippen LogP contribution in [0.5, 0.6) is 0 Å². The average Bonchev–Trinajstić information content (AvgIpc) is 2.72. The summed E-state index contributed by atoms with van der Waals surface area (Å²) in [6.45, 7) is -0.524. The maximum Gasteiger partial charge on any atom is 0.416 e. The molecule has 0 saturated carbocycles. The first-order chi connectivity index (χ1) is 14.9. The minimum absolute atomic E-state index is 0.0317. The second-order valence-electron chi connectivity index (χ2n) is 6.93. The van der Waals surface area contributed by atoms with Gasteiger partial charge in [-0.3, -0.25) is 4.79 Å². The lowest BCUT2D eigenvalue weighted by Crippen LogP contribution is -2.28. The van der Waals surface area contributed by atoms with E-state index in [1.165, 1.54) is 13.2 Å². The zero-order chi connectivity index (χ0) is 23.7. The van der Waals surface area contributed by atoms with E-state index in [0.29, 0.717) is 23.3 Å². The average molecular weight is 454 g/mol.